The van der Waals surface area contributed by atoms with Crippen molar-refractivity contribution in [3.05, 3.63) is 93.6 Å². The van der Waals surface area contributed by atoms with Crippen LogP contribution in [0, 0.1) is 17.3 Å². The molecule has 1 heterocycles. The van der Waals surface area contributed by atoms with Gasteiger partial charge in [0.05, 0.1) is 24.7 Å². The molecule has 1 aliphatic heterocycles. The van der Waals surface area contributed by atoms with Gasteiger partial charge in [-0.2, -0.15) is 0 Å². The molecule has 2 fully saturated rings. The lowest BCUT2D eigenvalue weighted by Crippen LogP contribution is -2.59. The molecule has 1 aromatic rings. The van der Waals surface area contributed by atoms with Crippen LogP contribution in [0.3, 0.4) is 0 Å². The van der Waals surface area contributed by atoms with Crippen LogP contribution in [0.4, 0.5) is 0 Å². The van der Waals surface area contributed by atoms with Crippen LogP contribution in [-0.4, -0.2) is 69.6 Å². The van der Waals surface area contributed by atoms with Crippen LogP contribution in [0.15, 0.2) is 76.9 Å². The Balaban J connectivity index is 1.65. The zero-order valence-corrected chi connectivity index (χ0v) is 31.3. The van der Waals surface area contributed by atoms with E-state index in [1.54, 1.807) is 6.92 Å². The first kappa shape index (κ1) is 40.6. The maximum absolute atomic E-state index is 14.1. The van der Waals surface area contributed by atoms with Gasteiger partial charge in [0.2, 0.25) is 5.91 Å². The Hall–Kier alpha value is -3.18. The molecule has 8 N–H and O–H groups in total. The topological polar surface area (TPSA) is 165 Å². The number of nitrogens with one attached hydrogen (secondary N) is 2. The van der Waals surface area contributed by atoms with Crippen LogP contribution >= 0.6 is 0 Å². The first-order chi connectivity index (χ1) is 24.2. The summed E-state index contributed by atoms with van der Waals surface area (Å²) in [4.78, 5) is 26.4. The van der Waals surface area contributed by atoms with Crippen LogP contribution in [-0.2, 0) is 22.4 Å². The molecule has 280 valence electrons. The van der Waals surface area contributed by atoms with Crippen molar-refractivity contribution < 1.29 is 30.0 Å². The maximum Gasteiger partial charge on any atom is 0.225 e. The van der Waals surface area contributed by atoms with E-state index in [1.165, 1.54) is 5.57 Å². The zero-order valence-electron chi connectivity index (χ0n) is 31.3. The Morgan fingerprint density at radius 1 is 1.22 bits per heavy atom. The number of amides is 1. The smallest absolute Gasteiger partial charge is 0.225 e. The molecule has 1 amide bonds. The van der Waals surface area contributed by atoms with E-state index in [-0.39, 0.29) is 49.7 Å². The Bertz CT molecular complexity index is 1570. The number of hydrogen-bond donors (Lipinski definition) is 7. The van der Waals surface area contributed by atoms with Crippen LogP contribution < -0.4 is 16.4 Å². The minimum Gasteiger partial charge on any atom is -0.396 e. The number of carbonyl (C=O) groups excluding carboxylic acids is 2. The van der Waals surface area contributed by atoms with E-state index in [0.717, 1.165) is 40.8 Å². The molecule has 0 bridgehead atoms. The summed E-state index contributed by atoms with van der Waals surface area (Å²) in [6.07, 6.45) is 10.2. The van der Waals surface area contributed by atoms with E-state index >= 15 is 0 Å². The second-order valence-electron chi connectivity index (χ2n) is 15.2. The summed E-state index contributed by atoms with van der Waals surface area (Å²) < 4.78 is 0. The maximum atomic E-state index is 14.1. The van der Waals surface area contributed by atoms with Gasteiger partial charge >= 0.3 is 0 Å². The van der Waals surface area contributed by atoms with Gasteiger partial charge in [0.25, 0.3) is 0 Å². The van der Waals surface area contributed by atoms with Crippen LogP contribution in [0.25, 0.3) is 0 Å². The van der Waals surface area contributed by atoms with E-state index in [9.17, 15) is 30.0 Å². The van der Waals surface area contributed by atoms with Crippen molar-refractivity contribution >= 4 is 11.7 Å². The number of Topliss-reactive ketones (excluding diaryl/α,β-unsaturated/α-hetero) is 1. The van der Waals surface area contributed by atoms with E-state index in [2.05, 4.69) is 44.1 Å². The van der Waals surface area contributed by atoms with E-state index < -0.39 is 29.2 Å². The lowest BCUT2D eigenvalue weighted by Gasteiger charge is -2.55. The average molecular weight is 704 g/mol. The fourth-order valence-corrected chi connectivity index (χ4v) is 9.01. The predicted molar refractivity (Wildman–Crippen MR) is 202 cm³/mol. The molecule has 7 unspecified atom stereocenters. The van der Waals surface area contributed by atoms with Crippen molar-refractivity contribution in [2.75, 3.05) is 19.8 Å². The number of carbonyl (C=O) groups is 2. The highest BCUT2D eigenvalue weighted by molar-refractivity contribution is 5.97. The third kappa shape index (κ3) is 8.73. The second kappa shape index (κ2) is 17.6. The number of hydrogen-bond acceptors (Lipinski definition) is 8. The second-order valence-corrected chi connectivity index (χ2v) is 15.2. The SMILES string of the molecule is C=C(C=CC=C(CO)C1CCC2(C(CCCO)C(=C(C)C(=O)Cc3cccc4c3CC(=O)NC4N)CCC2(C)O)C1O)C(CC=C(C)C)NCC. The van der Waals surface area contributed by atoms with Crippen molar-refractivity contribution in [3.63, 3.8) is 0 Å². The zero-order chi connectivity index (χ0) is 37.5. The van der Waals surface area contributed by atoms with Crippen molar-refractivity contribution in [1.82, 2.24) is 10.6 Å². The van der Waals surface area contributed by atoms with Gasteiger partial charge in [-0.25, -0.2) is 0 Å². The number of rotatable bonds is 15. The molecular weight excluding hydrogens is 642 g/mol. The highest BCUT2D eigenvalue weighted by atomic mass is 16.3. The molecule has 7 atom stereocenters. The molecule has 9 heteroatoms. The Morgan fingerprint density at radius 3 is 2.63 bits per heavy atom. The third-order valence-corrected chi connectivity index (χ3v) is 11.8. The molecule has 0 aromatic heterocycles. The lowest BCUT2D eigenvalue weighted by atomic mass is 9.52. The number of aliphatic hydroxyl groups is 4. The highest BCUT2D eigenvalue weighted by Crippen LogP contribution is 2.63. The number of likely N-dealkylation sites (N-methyl/N-ethyl adjacent to an activating group) is 1. The summed E-state index contributed by atoms with van der Waals surface area (Å²) in [6, 6.07) is 5.69. The largest absolute Gasteiger partial charge is 0.396 e. The molecule has 0 saturated heterocycles. The van der Waals surface area contributed by atoms with E-state index in [1.807, 2.05) is 43.4 Å². The third-order valence-electron chi connectivity index (χ3n) is 11.8. The number of aliphatic hydroxyl groups excluding tert-OH is 3. The van der Waals surface area contributed by atoms with Crippen molar-refractivity contribution in [1.29, 1.82) is 0 Å². The quantitative estimate of drug-likeness (QED) is 0.0778. The van der Waals surface area contributed by atoms with Crippen molar-refractivity contribution in [2.45, 2.75) is 116 Å². The summed E-state index contributed by atoms with van der Waals surface area (Å²) in [7, 11) is 0. The Morgan fingerprint density at radius 2 is 1.96 bits per heavy atom. The number of allylic oxidation sites excluding steroid dienone is 5. The molecule has 2 saturated carbocycles. The molecule has 0 radical (unpaired) electrons. The van der Waals surface area contributed by atoms with Gasteiger partial charge in [-0.15, -0.1) is 0 Å². The fraction of sp³-hybridized carbons (Fsp3) is 0.571. The van der Waals surface area contributed by atoms with Crippen LogP contribution in [0.2, 0.25) is 0 Å². The summed E-state index contributed by atoms with van der Waals surface area (Å²) in [5.41, 5.74) is 10.7. The highest BCUT2D eigenvalue weighted by Gasteiger charge is 2.64. The normalized spacial score (nSPS) is 29.5. The average Bonchev–Trinajstić information content (AvgIpc) is 3.43. The van der Waals surface area contributed by atoms with Gasteiger partial charge < -0.3 is 36.8 Å². The minimum absolute atomic E-state index is 0.0506. The standard InChI is InChI=1S/C42H61N3O6/c1-7-44-36(17-16-26(2)3)27(4)11-8-13-30(25-47)32-19-21-42(39(32)50)35(15-10-22-46)31(18-20-41(42,6)51)28(5)37(48)23-29-12-9-14-33-34(29)24-38(49)45-40(33)43/h8-9,11-14,16,32,35-36,39-40,44,46-47,50-51H,4,7,10,15,17-25,43H2,1-3,5-6H3,(H,45,49). The summed E-state index contributed by atoms with van der Waals surface area (Å²) in [6.45, 7) is 14.6. The van der Waals surface area contributed by atoms with E-state index in [4.69, 9.17) is 5.73 Å². The van der Waals surface area contributed by atoms with Gasteiger partial charge in [0.1, 0.15) is 6.17 Å². The molecule has 2 aliphatic carbocycles. The minimum atomic E-state index is -1.25. The van der Waals surface area contributed by atoms with E-state index in [0.29, 0.717) is 49.7 Å². The Labute approximate surface area is 304 Å². The van der Waals surface area contributed by atoms with Gasteiger partial charge in [0, 0.05) is 30.4 Å². The first-order valence-electron chi connectivity index (χ1n) is 18.7. The van der Waals surface area contributed by atoms with Crippen molar-refractivity contribution in [3.8, 4) is 0 Å². The van der Waals surface area contributed by atoms with Gasteiger partial charge in [-0.05, 0) is 119 Å². The molecule has 9 nitrogen and oxygen atoms in total. The fourth-order valence-electron chi connectivity index (χ4n) is 9.01. The lowest BCUT2D eigenvalue weighted by molar-refractivity contribution is -0.167. The van der Waals surface area contributed by atoms with Gasteiger partial charge in [-0.1, -0.05) is 67.2 Å². The van der Waals surface area contributed by atoms with Crippen molar-refractivity contribution in [2.24, 2.45) is 23.0 Å². The number of fused-ring (bicyclic) bond motifs is 1. The number of benzene rings is 1. The number of nitrogens with two attached hydrogens (primary N) is 1. The molecule has 1 aromatic carbocycles. The van der Waals surface area contributed by atoms with Crippen LogP contribution in [0.1, 0.15) is 102 Å². The first-order valence-corrected chi connectivity index (χ1v) is 18.7. The summed E-state index contributed by atoms with van der Waals surface area (Å²) in [5, 5.41) is 51.2. The summed E-state index contributed by atoms with van der Waals surface area (Å²) in [5.74, 6) is -1.00. The molecule has 51 heavy (non-hydrogen) atoms. The van der Waals surface area contributed by atoms with Gasteiger partial charge in [-0.3, -0.25) is 9.59 Å². The number of ketones is 1. The van der Waals surface area contributed by atoms with Gasteiger partial charge in [0.15, 0.2) is 5.78 Å². The molecule has 4 rings (SSSR count). The predicted octanol–water partition coefficient (Wildman–Crippen LogP) is 4.80. The molecule has 3 aliphatic rings. The Kier molecular flexibility index (Phi) is 14.0. The summed E-state index contributed by atoms with van der Waals surface area (Å²) >= 11 is 0. The molecule has 1 spiro atoms. The molecular formula is C42H61N3O6. The van der Waals surface area contributed by atoms with Crippen LogP contribution in [0.5, 0.6) is 0 Å². The monoisotopic (exact) mass is 703 g/mol.